The highest BCUT2D eigenvalue weighted by Gasteiger charge is 2.29. The zero-order valence-corrected chi connectivity index (χ0v) is 10.4. The van der Waals surface area contributed by atoms with Gasteiger partial charge < -0.3 is 5.32 Å². The minimum absolute atomic E-state index is 0.550. The molecule has 0 atom stereocenters. The number of hydrogen-bond donors (Lipinski definition) is 1. The average Bonchev–Trinajstić information content (AvgIpc) is 2.35. The van der Waals surface area contributed by atoms with Crippen molar-refractivity contribution in [3.05, 3.63) is 47.4 Å². The first-order valence-corrected chi connectivity index (χ1v) is 5.60. The molecule has 100 valence electrons. The molecule has 2 aromatic rings. The molecule has 6 heteroatoms. The van der Waals surface area contributed by atoms with Crippen LogP contribution in [0.2, 0.25) is 0 Å². The fraction of sp³-hybridized carbons (Fsp3) is 0.231. The predicted octanol–water partition coefficient (Wildman–Crippen LogP) is 3.86. The summed E-state index contributed by atoms with van der Waals surface area (Å²) in [5.74, 6) is 0.590. The summed E-state index contributed by atoms with van der Waals surface area (Å²) in [5, 5.41) is 2.97. The number of aromatic nitrogens is 2. The van der Waals surface area contributed by atoms with Gasteiger partial charge in [-0.2, -0.15) is 13.2 Å². The first-order chi connectivity index (χ1) is 8.88. The van der Waals surface area contributed by atoms with E-state index in [-0.39, 0.29) is 0 Å². The smallest absolute Gasteiger partial charge is 0.340 e. The number of nitrogens with zero attached hydrogens (tertiary/aromatic N) is 2. The molecule has 2 rings (SSSR count). The van der Waals surface area contributed by atoms with Crippen LogP contribution in [0.5, 0.6) is 0 Å². The highest BCUT2D eigenvalue weighted by molar-refractivity contribution is 5.59. The second-order valence-electron chi connectivity index (χ2n) is 4.13. The molecule has 0 unspecified atom stereocenters. The lowest BCUT2D eigenvalue weighted by atomic mass is 10.2. The predicted molar refractivity (Wildman–Crippen MR) is 66.2 cm³/mol. The maximum atomic E-state index is 12.4. The van der Waals surface area contributed by atoms with E-state index in [1.54, 1.807) is 0 Å². The maximum absolute atomic E-state index is 12.4. The van der Waals surface area contributed by atoms with Gasteiger partial charge in [0, 0.05) is 16.9 Å². The van der Waals surface area contributed by atoms with Crippen molar-refractivity contribution >= 4 is 11.5 Å². The average molecular weight is 267 g/mol. The lowest BCUT2D eigenvalue weighted by Crippen LogP contribution is -2.05. The summed E-state index contributed by atoms with van der Waals surface area (Å²) in [6.45, 7) is 3.69. The fourth-order valence-corrected chi connectivity index (χ4v) is 1.54. The number of nitrogens with one attached hydrogen (secondary N) is 1. The molecule has 0 bridgehead atoms. The summed E-state index contributed by atoms with van der Waals surface area (Å²) >= 11 is 0. The monoisotopic (exact) mass is 267 g/mol. The largest absolute Gasteiger partial charge is 0.416 e. The third-order valence-electron chi connectivity index (χ3n) is 2.81. The first kappa shape index (κ1) is 13.3. The summed E-state index contributed by atoms with van der Waals surface area (Å²) in [5.41, 5.74) is 1.56. The Bertz CT molecular complexity index is 577. The van der Waals surface area contributed by atoms with Crippen molar-refractivity contribution in [1.29, 1.82) is 0 Å². The van der Waals surface area contributed by atoms with Crippen molar-refractivity contribution in [1.82, 2.24) is 9.97 Å². The van der Waals surface area contributed by atoms with Gasteiger partial charge in [-0.05, 0) is 38.1 Å². The molecule has 1 aromatic heterocycles. The van der Waals surface area contributed by atoms with Gasteiger partial charge in [-0.3, -0.25) is 0 Å². The van der Waals surface area contributed by atoms with Crippen LogP contribution in [0.1, 0.15) is 16.8 Å². The third-order valence-corrected chi connectivity index (χ3v) is 2.81. The Balaban J connectivity index is 2.23. The molecular formula is C13H12F3N3. The van der Waals surface area contributed by atoms with Crippen molar-refractivity contribution < 1.29 is 13.2 Å². The van der Waals surface area contributed by atoms with Crippen molar-refractivity contribution in [2.45, 2.75) is 20.0 Å². The van der Waals surface area contributed by atoms with Gasteiger partial charge in [-0.15, -0.1) is 0 Å². The van der Waals surface area contributed by atoms with Crippen molar-refractivity contribution in [2.75, 3.05) is 5.32 Å². The van der Waals surface area contributed by atoms with Crippen molar-refractivity contribution in [3.63, 3.8) is 0 Å². The van der Waals surface area contributed by atoms with E-state index in [2.05, 4.69) is 15.3 Å². The number of benzene rings is 1. The Kier molecular flexibility index (Phi) is 3.42. The lowest BCUT2D eigenvalue weighted by Gasteiger charge is -2.11. The Hall–Kier alpha value is -2.11. The zero-order chi connectivity index (χ0) is 14.0. The van der Waals surface area contributed by atoms with E-state index in [1.807, 2.05) is 13.8 Å². The van der Waals surface area contributed by atoms with Gasteiger partial charge in [0.1, 0.15) is 12.1 Å². The van der Waals surface area contributed by atoms with Crippen LogP contribution in [0.4, 0.5) is 24.7 Å². The van der Waals surface area contributed by atoms with E-state index < -0.39 is 11.7 Å². The maximum Gasteiger partial charge on any atom is 0.416 e. The molecule has 0 aliphatic rings. The molecule has 1 N–H and O–H groups in total. The Morgan fingerprint density at radius 2 is 1.63 bits per heavy atom. The zero-order valence-electron chi connectivity index (χ0n) is 10.4. The van der Waals surface area contributed by atoms with Gasteiger partial charge in [0.25, 0.3) is 0 Å². The summed E-state index contributed by atoms with van der Waals surface area (Å²) < 4.78 is 37.3. The van der Waals surface area contributed by atoms with E-state index in [9.17, 15) is 13.2 Å². The van der Waals surface area contributed by atoms with Gasteiger partial charge in [0.05, 0.1) is 5.56 Å². The molecule has 0 radical (unpaired) electrons. The van der Waals surface area contributed by atoms with Gasteiger partial charge >= 0.3 is 6.18 Å². The summed E-state index contributed by atoms with van der Waals surface area (Å²) in [6.07, 6.45) is -2.91. The molecule has 0 fully saturated rings. The highest BCUT2D eigenvalue weighted by Crippen LogP contribution is 2.30. The summed E-state index contributed by atoms with van der Waals surface area (Å²) in [6, 6.07) is 4.82. The third kappa shape index (κ3) is 3.01. The minimum Gasteiger partial charge on any atom is -0.340 e. The fourth-order valence-electron chi connectivity index (χ4n) is 1.54. The SMILES string of the molecule is Cc1ncnc(Nc2ccc(C(F)(F)F)cc2)c1C. The van der Waals surface area contributed by atoms with Crippen LogP contribution < -0.4 is 5.32 Å². The molecular weight excluding hydrogens is 255 g/mol. The van der Waals surface area contributed by atoms with Crippen LogP contribution in [0.3, 0.4) is 0 Å². The normalized spacial score (nSPS) is 11.4. The number of halogens is 3. The number of rotatable bonds is 2. The van der Waals surface area contributed by atoms with Crippen LogP contribution in [-0.2, 0) is 6.18 Å². The Labute approximate surface area is 108 Å². The first-order valence-electron chi connectivity index (χ1n) is 5.60. The summed E-state index contributed by atoms with van der Waals surface area (Å²) in [4.78, 5) is 8.09. The second kappa shape index (κ2) is 4.87. The van der Waals surface area contributed by atoms with Gasteiger partial charge in [-0.1, -0.05) is 0 Å². The van der Waals surface area contributed by atoms with Crippen LogP contribution in [0.15, 0.2) is 30.6 Å². The molecule has 0 aliphatic carbocycles. The molecule has 3 nitrogen and oxygen atoms in total. The molecule has 1 heterocycles. The van der Waals surface area contributed by atoms with Gasteiger partial charge in [-0.25, -0.2) is 9.97 Å². The standard InChI is InChI=1S/C13H12F3N3/c1-8-9(2)17-7-18-12(8)19-11-5-3-10(4-6-11)13(14,15)16/h3-7H,1-2H3,(H,17,18,19). The molecule has 0 spiro atoms. The molecule has 0 aliphatic heterocycles. The number of anilines is 2. The number of alkyl halides is 3. The van der Waals surface area contributed by atoms with Crippen molar-refractivity contribution in [3.8, 4) is 0 Å². The van der Waals surface area contributed by atoms with Gasteiger partial charge in [0.15, 0.2) is 0 Å². The topological polar surface area (TPSA) is 37.8 Å². The van der Waals surface area contributed by atoms with Crippen LogP contribution >= 0.6 is 0 Å². The molecule has 0 amide bonds. The van der Waals surface area contributed by atoms with E-state index in [4.69, 9.17) is 0 Å². The van der Waals surface area contributed by atoms with E-state index in [0.29, 0.717) is 11.5 Å². The Morgan fingerprint density at radius 3 is 2.21 bits per heavy atom. The number of hydrogen-bond acceptors (Lipinski definition) is 3. The van der Waals surface area contributed by atoms with E-state index in [1.165, 1.54) is 18.5 Å². The number of aryl methyl sites for hydroxylation is 1. The minimum atomic E-state index is -4.32. The molecule has 0 saturated heterocycles. The molecule has 1 aromatic carbocycles. The van der Waals surface area contributed by atoms with Crippen molar-refractivity contribution in [2.24, 2.45) is 0 Å². The van der Waals surface area contributed by atoms with Crippen LogP contribution in [0.25, 0.3) is 0 Å². The van der Waals surface area contributed by atoms with Crippen LogP contribution in [0, 0.1) is 13.8 Å². The van der Waals surface area contributed by atoms with E-state index in [0.717, 1.165) is 23.4 Å². The Morgan fingerprint density at radius 1 is 1.00 bits per heavy atom. The lowest BCUT2D eigenvalue weighted by molar-refractivity contribution is -0.137. The quantitative estimate of drug-likeness (QED) is 0.897. The molecule has 0 saturated carbocycles. The van der Waals surface area contributed by atoms with E-state index >= 15 is 0 Å². The second-order valence-corrected chi connectivity index (χ2v) is 4.13. The van der Waals surface area contributed by atoms with Gasteiger partial charge in [0.2, 0.25) is 0 Å². The van der Waals surface area contributed by atoms with Crippen LogP contribution in [-0.4, -0.2) is 9.97 Å². The highest BCUT2D eigenvalue weighted by atomic mass is 19.4. The summed E-state index contributed by atoms with van der Waals surface area (Å²) in [7, 11) is 0. The molecule has 19 heavy (non-hydrogen) atoms.